The number of aliphatic hydroxyl groups excluding tert-OH is 1. The van der Waals surface area contributed by atoms with Gasteiger partial charge in [-0.2, -0.15) is 0 Å². The van der Waals surface area contributed by atoms with Crippen LogP contribution in [0.4, 0.5) is 0 Å². The second-order valence-electron chi connectivity index (χ2n) is 4.59. The first-order chi connectivity index (χ1) is 9.75. The first-order valence-corrected chi connectivity index (χ1v) is 6.64. The number of aromatic nitrogens is 1. The molecule has 1 aromatic heterocycles. The highest BCUT2D eigenvalue weighted by molar-refractivity contribution is 5.76. The maximum atomic E-state index is 11.7. The molecule has 2 N–H and O–H groups in total. The van der Waals surface area contributed by atoms with Gasteiger partial charge in [0.1, 0.15) is 0 Å². The van der Waals surface area contributed by atoms with E-state index in [4.69, 9.17) is 0 Å². The van der Waals surface area contributed by atoms with Crippen LogP contribution in [-0.2, 0) is 11.2 Å². The Balaban J connectivity index is 1.73. The third-order valence-corrected chi connectivity index (χ3v) is 3.04. The number of pyridine rings is 1. The van der Waals surface area contributed by atoms with Crippen LogP contribution in [0, 0.1) is 0 Å². The van der Waals surface area contributed by atoms with Crippen molar-refractivity contribution in [2.24, 2.45) is 0 Å². The molecule has 1 atom stereocenters. The van der Waals surface area contributed by atoms with Crippen molar-refractivity contribution in [2.45, 2.75) is 18.9 Å². The highest BCUT2D eigenvalue weighted by atomic mass is 16.3. The van der Waals surface area contributed by atoms with Crippen LogP contribution in [0.25, 0.3) is 0 Å². The summed E-state index contributed by atoms with van der Waals surface area (Å²) in [6, 6.07) is 13.1. The molecule has 1 amide bonds. The Kier molecular flexibility index (Phi) is 5.26. The van der Waals surface area contributed by atoms with Gasteiger partial charge in [-0.05, 0) is 23.6 Å². The van der Waals surface area contributed by atoms with Crippen LogP contribution in [0.5, 0.6) is 0 Å². The Morgan fingerprint density at radius 3 is 2.70 bits per heavy atom. The molecule has 0 spiro atoms. The van der Waals surface area contributed by atoms with Gasteiger partial charge in [-0.3, -0.25) is 9.78 Å². The van der Waals surface area contributed by atoms with Crippen LogP contribution in [0.1, 0.15) is 23.7 Å². The van der Waals surface area contributed by atoms with E-state index in [0.29, 0.717) is 12.8 Å². The lowest BCUT2D eigenvalue weighted by molar-refractivity contribution is -0.121. The Morgan fingerprint density at radius 2 is 2.00 bits per heavy atom. The number of nitrogens with zero attached hydrogens (tertiary/aromatic N) is 1. The summed E-state index contributed by atoms with van der Waals surface area (Å²) in [5, 5.41) is 12.7. The van der Waals surface area contributed by atoms with Gasteiger partial charge >= 0.3 is 0 Å². The number of nitrogens with one attached hydrogen (secondary N) is 1. The zero-order valence-electron chi connectivity index (χ0n) is 11.2. The molecule has 2 rings (SSSR count). The fourth-order valence-electron chi connectivity index (χ4n) is 1.90. The molecule has 1 heterocycles. The number of hydrogen-bond acceptors (Lipinski definition) is 3. The van der Waals surface area contributed by atoms with E-state index in [-0.39, 0.29) is 12.5 Å². The summed E-state index contributed by atoms with van der Waals surface area (Å²) in [7, 11) is 0. The standard InChI is InChI=1S/C16H18N2O2/c19-15(14-6-2-1-3-7-14)12-18-16(20)9-8-13-5-4-10-17-11-13/h1-7,10-11,15,19H,8-9,12H2,(H,18,20). The number of aliphatic hydroxyl groups is 1. The van der Waals surface area contributed by atoms with Crippen molar-refractivity contribution in [3.8, 4) is 0 Å². The number of rotatable bonds is 6. The van der Waals surface area contributed by atoms with Crippen molar-refractivity contribution < 1.29 is 9.90 Å². The number of hydrogen-bond donors (Lipinski definition) is 2. The average molecular weight is 270 g/mol. The fraction of sp³-hybridized carbons (Fsp3) is 0.250. The van der Waals surface area contributed by atoms with E-state index in [1.54, 1.807) is 12.4 Å². The summed E-state index contributed by atoms with van der Waals surface area (Å²) in [6.45, 7) is 0.232. The maximum Gasteiger partial charge on any atom is 0.220 e. The van der Waals surface area contributed by atoms with E-state index >= 15 is 0 Å². The minimum absolute atomic E-state index is 0.0659. The Morgan fingerprint density at radius 1 is 1.20 bits per heavy atom. The second-order valence-corrected chi connectivity index (χ2v) is 4.59. The number of amides is 1. The minimum atomic E-state index is -0.668. The quantitative estimate of drug-likeness (QED) is 0.842. The monoisotopic (exact) mass is 270 g/mol. The number of benzene rings is 1. The Bertz CT molecular complexity index is 529. The van der Waals surface area contributed by atoms with E-state index in [1.807, 2.05) is 42.5 Å². The molecule has 0 saturated carbocycles. The lowest BCUT2D eigenvalue weighted by atomic mass is 10.1. The highest BCUT2D eigenvalue weighted by Crippen LogP contribution is 2.10. The van der Waals surface area contributed by atoms with Crippen molar-refractivity contribution in [3.05, 3.63) is 66.0 Å². The molecular formula is C16H18N2O2. The zero-order chi connectivity index (χ0) is 14.2. The smallest absolute Gasteiger partial charge is 0.220 e. The molecule has 0 fully saturated rings. The summed E-state index contributed by atoms with van der Waals surface area (Å²) in [5.41, 5.74) is 1.84. The lowest BCUT2D eigenvalue weighted by Gasteiger charge is -2.12. The van der Waals surface area contributed by atoms with Gasteiger partial charge in [0.2, 0.25) is 5.91 Å². The number of carbonyl (C=O) groups is 1. The summed E-state index contributed by atoms with van der Waals surface area (Å²) in [4.78, 5) is 15.7. The summed E-state index contributed by atoms with van der Waals surface area (Å²) >= 11 is 0. The molecule has 0 saturated heterocycles. The van der Waals surface area contributed by atoms with Crippen LogP contribution in [0.2, 0.25) is 0 Å². The molecule has 20 heavy (non-hydrogen) atoms. The van der Waals surface area contributed by atoms with E-state index in [1.165, 1.54) is 0 Å². The molecule has 2 aromatic rings. The third-order valence-electron chi connectivity index (χ3n) is 3.04. The minimum Gasteiger partial charge on any atom is -0.387 e. The zero-order valence-corrected chi connectivity index (χ0v) is 11.2. The average Bonchev–Trinajstić information content (AvgIpc) is 2.52. The van der Waals surface area contributed by atoms with Crippen molar-refractivity contribution >= 4 is 5.91 Å². The van der Waals surface area contributed by atoms with Crippen LogP contribution in [0.3, 0.4) is 0 Å². The largest absolute Gasteiger partial charge is 0.387 e. The highest BCUT2D eigenvalue weighted by Gasteiger charge is 2.09. The molecule has 0 aliphatic carbocycles. The normalized spacial score (nSPS) is 11.8. The summed E-state index contributed by atoms with van der Waals surface area (Å²) in [6.07, 6.45) is 3.85. The van der Waals surface area contributed by atoms with Crippen LogP contribution in [0.15, 0.2) is 54.9 Å². The Hall–Kier alpha value is -2.20. The molecule has 4 nitrogen and oxygen atoms in total. The van der Waals surface area contributed by atoms with E-state index < -0.39 is 6.10 Å². The molecule has 1 unspecified atom stereocenters. The molecule has 0 aliphatic rings. The van der Waals surface area contributed by atoms with E-state index in [9.17, 15) is 9.90 Å². The first kappa shape index (κ1) is 14.2. The van der Waals surface area contributed by atoms with Gasteiger partial charge in [0, 0.05) is 25.4 Å². The predicted octanol–water partition coefficient (Wildman–Crippen LogP) is 1.86. The van der Waals surface area contributed by atoms with Crippen molar-refractivity contribution in [1.29, 1.82) is 0 Å². The van der Waals surface area contributed by atoms with Crippen molar-refractivity contribution in [1.82, 2.24) is 10.3 Å². The fourth-order valence-corrected chi connectivity index (χ4v) is 1.90. The number of carbonyl (C=O) groups excluding carboxylic acids is 1. The lowest BCUT2D eigenvalue weighted by Crippen LogP contribution is -2.28. The van der Waals surface area contributed by atoms with E-state index in [0.717, 1.165) is 11.1 Å². The summed E-state index contributed by atoms with van der Waals surface area (Å²) in [5.74, 6) is -0.0659. The van der Waals surface area contributed by atoms with Gasteiger partial charge in [-0.1, -0.05) is 36.4 Å². The topological polar surface area (TPSA) is 62.2 Å². The number of aryl methyl sites for hydroxylation is 1. The van der Waals surface area contributed by atoms with Gasteiger partial charge in [0.15, 0.2) is 0 Å². The first-order valence-electron chi connectivity index (χ1n) is 6.64. The van der Waals surface area contributed by atoms with E-state index in [2.05, 4.69) is 10.3 Å². The molecule has 0 aliphatic heterocycles. The summed E-state index contributed by atoms with van der Waals surface area (Å²) < 4.78 is 0. The molecule has 0 radical (unpaired) electrons. The molecule has 0 bridgehead atoms. The molecule has 104 valence electrons. The molecular weight excluding hydrogens is 252 g/mol. The van der Waals surface area contributed by atoms with Gasteiger partial charge in [0.25, 0.3) is 0 Å². The van der Waals surface area contributed by atoms with Gasteiger partial charge in [0.05, 0.1) is 6.10 Å². The van der Waals surface area contributed by atoms with Crippen LogP contribution < -0.4 is 5.32 Å². The van der Waals surface area contributed by atoms with Gasteiger partial charge in [-0.15, -0.1) is 0 Å². The predicted molar refractivity (Wildman–Crippen MR) is 77.0 cm³/mol. The molecule has 1 aromatic carbocycles. The van der Waals surface area contributed by atoms with Crippen molar-refractivity contribution in [3.63, 3.8) is 0 Å². The van der Waals surface area contributed by atoms with Crippen LogP contribution >= 0.6 is 0 Å². The second kappa shape index (κ2) is 7.40. The van der Waals surface area contributed by atoms with Crippen LogP contribution in [-0.4, -0.2) is 22.5 Å². The maximum absolute atomic E-state index is 11.7. The third kappa shape index (κ3) is 4.48. The van der Waals surface area contributed by atoms with Gasteiger partial charge < -0.3 is 10.4 Å². The van der Waals surface area contributed by atoms with Gasteiger partial charge in [-0.25, -0.2) is 0 Å². The van der Waals surface area contributed by atoms with Crippen molar-refractivity contribution in [2.75, 3.05) is 6.54 Å². The Labute approximate surface area is 118 Å². The molecule has 4 heteroatoms. The SMILES string of the molecule is O=C(CCc1cccnc1)NCC(O)c1ccccc1.